The van der Waals surface area contributed by atoms with E-state index in [-0.39, 0.29) is 61.7 Å². The third-order valence-electron chi connectivity index (χ3n) is 16.2. The van der Waals surface area contributed by atoms with Crippen molar-refractivity contribution in [1.29, 1.82) is 0 Å². The second kappa shape index (κ2) is 47.6. The maximum absolute atomic E-state index is 13.4. The fraction of sp³-hybridized carbons (Fsp3) is 0.797. The minimum atomic E-state index is -1.01. The van der Waals surface area contributed by atoms with Gasteiger partial charge in [-0.3, -0.25) is 24.0 Å². The molecule has 0 fully saturated rings. The number of esters is 6. The number of carbonyl (C=O) groups is 6. The molecule has 476 valence electrons. The Bertz CT molecular complexity index is 1950. The van der Waals surface area contributed by atoms with Crippen molar-refractivity contribution in [3.05, 3.63) is 33.9 Å². The van der Waals surface area contributed by atoms with Gasteiger partial charge in [-0.05, 0) is 57.9 Å². The molecule has 3 atom stereocenters. The van der Waals surface area contributed by atoms with Crippen LogP contribution in [0, 0.1) is 18.8 Å². The highest BCUT2D eigenvalue weighted by molar-refractivity contribution is 5.98. The van der Waals surface area contributed by atoms with E-state index in [1.807, 2.05) is 33.8 Å². The summed E-state index contributed by atoms with van der Waals surface area (Å²) in [6.45, 7) is 13.4. The molecule has 83 heavy (non-hydrogen) atoms. The molecule has 0 bridgehead atoms. The van der Waals surface area contributed by atoms with Crippen LogP contribution in [0.3, 0.4) is 0 Å². The Morgan fingerprint density at radius 2 is 0.928 bits per heavy atom. The topological polar surface area (TPSA) is 176 Å². The lowest BCUT2D eigenvalue weighted by Gasteiger charge is -2.23. The van der Waals surface area contributed by atoms with Gasteiger partial charge in [-0.15, -0.1) is 0 Å². The van der Waals surface area contributed by atoms with Crippen LogP contribution in [-0.2, 0) is 65.4 Å². The van der Waals surface area contributed by atoms with E-state index in [4.69, 9.17) is 37.9 Å². The Labute approximate surface area is 503 Å². The smallest absolute Gasteiger partial charge is 0.342 e. The van der Waals surface area contributed by atoms with Crippen LogP contribution in [0.25, 0.3) is 0 Å². The summed E-state index contributed by atoms with van der Waals surface area (Å²) in [5.74, 6) is -2.20. The van der Waals surface area contributed by atoms with Crippen LogP contribution in [0.15, 0.2) is 11.6 Å². The van der Waals surface area contributed by atoms with E-state index in [9.17, 15) is 28.8 Å². The number of unbranched alkanes of at least 4 members (excludes halogenated alkanes) is 29. The van der Waals surface area contributed by atoms with Crippen molar-refractivity contribution in [3.63, 3.8) is 0 Å². The summed E-state index contributed by atoms with van der Waals surface area (Å²) >= 11 is 0. The maximum atomic E-state index is 13.4. The van der Waals surface area contributed by atoms with Crippen LogP contribution >= 0.6 is 0 Å². The first-order valence-corrected chi connectivity index (χ1v) is 33.2. The van der Waals surface area contributed by atoms with E-state index in [1.54, 1.807) is 14.0 Å². The van der Waals surface area contributed by atoms with Gasteiger partial charge in [0, 0.05) is 37.3 Å². The average Bonchev–Trinajstić information content (AvgIpc) is 2.47. The van der Waals surface area contributed by atoms with E-state index >= 15 is 0 Å². The number of benzene rings is 1. The third kappa shape index (κ3) is 34.2. The molecule has 14 heteroatoms. The quantitative estimate of drug-likeness (QED) is 0.0198. The van der Waals surface area contributed by atoms with Crippen molar-refractivity contribution in [1.82, 2.24) is 0 Å². The molecule has 1 aliphatic heterocycles. The summed E-state index contributed by atoms with van der Waals surface area (Å²) in [7, 11) is 2.92. The van der Waals surface area contributed by atoms with Gasteiger partial charge >= 0.3 is 35.8 Å². The molecule has 0 aromatic heterocycles. The summed E-state index contributed by atoms with van der Waals surface area (Å²) in [5.41, 5.74) is 3.31. The first kappa shape index (κ1) is 74.5. The van der Waals surface area contributed by atoms with E-state index in [1.165, 1.54) is 136 Å². The van der Waals surface area contributed by atoms with Gasteiger partial charge in [0.2, 0.25) is 6.29 Å². The van der Waals surface area contributed by atoms with E-state index in [0.29, 0.717) is 61.0 Å². The molecule has 1 aromatic rings. The second-order valence-corrected chi connectivity index (χ2v) is 23.8. The SMILES string of the molecule is CCCCCCCCCCCCCCCC(=O)OCC(COC(=O)CCCCCCCCCCCCCCC)OC(=O)C(C)CCCCCCCCC(C)C(=O)OC(C)Oc1c(CC=C(C)CCC(=O)OC)c(OC)c(C)c2c1C(=O)OC2. The standard InChI is InChI=1S/C69H116O14/c1-10-12-14-16-18-20-22-24-26-28-30-36-40-44-62(71)78-50-58(51-79-63(72)45-41-37-31-29-27-25-23-21-19-17-15-13-11-2)83-68(74)55(5)43-39-35-33-32-34-38-42-54(4)67(73)82-57(7)81-66-59(48-46-53(3)47-49-61(70)76-8)65(77-9)56(6)60-52-80-69(75)64(60)66/h46,54-55,57-58H,10-45,47-52H2,1-9H3. The molecule has 0 radical (unpaired) electrons. The van der Waals surface area contributed by atoms with Crippen LogP contribution in [0.1, 0.15) is 313 Å². The lowest BCUT2D eigenvalue weighted by atomic mass is 9.94. The molecule has 1 aromatic carbocycles. The summed E-state index contributed by atoms with van der Waals surface area (Å²) in [4.78, 5) is 77.0. The molecule has 1 heterocycles. The number of rotatable bonds is 53. The highest BCUT2D eigenvalue weighted by atomic mass is 16.7. The van der Waals surface area contributed by atoms with E-state index in [2.05, 4.69) is 13.8 Å². The number of fused-ring (bicyclic) bond motifs is 1. The summed E-state index contributed by atoms with van der Waals surface area (Å²) < 4.78 is 45.2. The number of methoxy groups -OCH3 is 2. The fourth-order valence-electron chi connectivity index (χ4n) is 10.7. The maximum Gasteiger partial charge on any atom is 0.342 e. The van der Waals surface area contributed by atoms with Crippen molar-refractivity contribution < 1.29 is 66.7 Å². The highest BCUT2D eigenvalue weighted by Gasteiger charge is 2.34. The Morgan fingerprint density at radius 3 is 1.35 bits per heavy atom. The molecule has 0 saturated heterocycles. The molecule has 0 saturated carbocycles. The van der Waals surface area contributed by atoms with Gasteiger partial charge in [-0.25, -0.2) is 4.79 Å². The number of ether oxygens (including phenoxy) is 8. The van der Waals surface area contributed by atoms with Crippen molar-refractivity contribution in [2.75, 3.05) is 27.4 Å². The van der Waals surface area contributed by atoms with E-state index in [0.717, 1.165) is 88.2 Å². The first-order chi connectivity index (χ1) is 40.2. The monoisotopic (exact) mass is 1170 g/mol. The minimum absolute atomic E-state index is 0.0850. The van der Waals surface area contributed by atoms with E-state index < -0.39 is 30.3 Å². The molecule has 2 rings (SSSR count). The largest absolute Gasteiger partial charge is 0.496 e. The Kier molecular flexibility index (Phi) is 42.7. The summed E-state index contributed by atoms with van der Waals surface area (Å²) in [6, 6.07) is 0. The molecule has 14 nitrogen and oxygen atoms in total. The van der Waals surface area contributed by atoms with Gasteiger partial charge in [0.05, 0.1) is 26.1 Å². The highest BCUT2D eigenvalue weighted by Crippen LogP contribution is 2.43. The van der Waals surface area contributed by atoms with Crippen LogP contribution in [0.5, 0.6) is 11.5 Å². The Morgan fingerprint density at radius 1 is 0.518 bits per heavy atom. The summed E-state index contributed by atoms with van der Waals surface area (Å²) in [6.07, 6.45) is 40.4. The number of hydrogen-bond donors (Lipinski definition) is 0. The van der Waals surface area contributed by atoms with Crippen molar-refractivity contribution >= 4 is 35.8 Å². The van der Waals surface area contributed by atoms with Crippen LogP contribution < -0.4 is 9.47 Å². The zero-order valence-corrected chi connectivity index (χ0v) is 53.8. The predicted molar refractivity (Wildman–Crippen MR) is 329 cm³/mol. The first-order valence-electron chi connectivity index (χ1n) is 33.2. The van der Waals surface area contributed by atoms with Gasteiger partial charge in [0.25, 0.3) is 0 Å². The van der Waals surface area contributed by atoms with Gasteiger partial charge in [-0.1, -0.05) is 232 Å². The van der Waals surface area contributed by atoms with Crippen LogP contribution in [0.4, 0.5) is 0 Å². The minimum Gasteiger partial charge on any atom is -0.496 e. The molecule has 0 aliphatic carbocycles. The third-order valence-corrected chi connectivity index (χ3v) is 16.2. The van der Waals surface area contributed by atoms with Gasteiger partial charge in [0.1, 0.15) is 36.9 Å². The average molecular weight is 1170 g/mol. The second-order valence-electron chi connectivity index (χ2n) is 23.8. The van der Waals surface area contributed by atoms with Gasteiger partial charge in [0.15, 0.2) is 6.10 Å². The van der Waals surface area contributed by atoms with Crippen molar-refractivity contribution in [2.45, 2.75) is 318 Å². The zero-order valence-electron chi connectivity index (χ0n) is 53.8. The molecule has 0 N–H and O–H groups in total. The Hall–Kier alpha value is -4.62. The molecular weight excluding hydrogens is 1050 g/mol. The number of allylic oxidation sites excluding steroid dienone is 2. The van der Waals surface area contributed by atoms with Crippen molar-refractivity contribution in [2.24, 2.45) is 11.8 Å². The molecule has 1 aliphatic rings. The molecule has 0 spiro atoms. The predicted octanol–water partition coefficient (Wildman–Crippen LogP) is 17.7. The number of carbonyl (C=O) groups excluding carboxylic acids is 6. The Balaban J connectivity index is 1.79. The number of hydrogen-bond acceptors (Lipinski definition) is 14. The summed E-state index contributed by atoms with van der Waals surface area (Å²) in [5, 5.41) is 0. The van der Waals surface area contributed by atoms with Gasteiger partial charge < -0.3 is 37.9 Å². The molecule has 0 amide bonds. The number of cyclic esters (lactones) is 1. The van der Waals surface area contributed by atoms with Crippen LogP contribution in [-0.4, -0.2) is 75.6 Å². The fourth-order valence-corrected chi connectivity index (χ4v) is 10.7. The van der Waals surface area contributed by atoms with Crippen LogP contribution in [0.2, 0.25) is 0 Å². The lowest BCUT2D eigenvalue weighted by Crippen LogP contribution is -2.32. The molecular formula is C69H116O14. The molecule has 3 unspecified atom stereocenters. The lowest BCUT2D eigenvalue weighted by molar-refractivity contribution is -0.169. The van der Waals surface area contributed by atoms with Gasteiger partial charge in [-0.2, -0.15) is 0 Å². The normalized spacial score (nSPS) is 13.3. The van der Waals surface area contributed by atoms with Crippen molar-refractivity contribution in [3.8, 4) is 11.5 Å². The zero-order chi connectivity index (χ0) is 60.9.